The Morgan fingerprint density at radius 3 is 2.82 bits per heavy atom. The fourth-order valence-electron chi connectivity index (χ4n) is 1.92. The third-order valence-corrected chi connectivity index (χ3v) is 3.47. The zero-order chi connectivity index (χ0) is 15.9. The quantitative estimate of drug-likeness (QED) is 0.643. The van der Waals surface area contributed by atoms with Gasteiger partial charge in [-0.1, -0.05) is 17.7 Å². The number of anilines is 1. The minimum absolute atomic E-state index is 0.263. The van der Waals surface area contributed by atoms with Crippen molar-refractivity contribution in [1.29, 1.82) is 0 Å². The topological polar surface area (TPSA) is 56.8 Å². The van der Waals surface area contributed by atoms with Crippen LogP contribution in [-0.2, 0) is 9.53 Å². The zero-order valence-corrected chi connectivity index (χ0v) is 13.3. The predicted molar refractivity (Wildman–Crippen MR) is 85.9 cm³/mol. The first-order valence-corrected chi connectivity index (χ1v) is 7.62. The van der Waals surface area contributed by atoms with Crippen LogP contribution in [0.4, 0.5) is 5.69 Å². The van der Waals surface area contributed by atoms with E-state index >= 15 is 0 Å². The maximum atomic E-state index is 12.1. The van der Waals surface area contributed by atoms with E-state index in [4.69, 9.17) is 25.8 Å². The van der Waals surface area contributed by atoms with Crippen molar-refractivity contribution < 1.29 is 19.0 Å². The lowest BCUT2D eigenvalue weighted by Gasteiger charge is -2.15. The Morgan fingerprint density at radius 2 is 2.14 bits per heavy atom. The number of hydrogen-bond acceptors (Lipinski definition) is 4. The Hall–Kier alpha value is -1.72. The summed E-state index contributed by atoms with van der Waals surface area (Å²) in [5.74, 6) is 0.911. The van der Waals surface area contributed by atoms with Gasteiger partial charge in [-0.2, -0.15) is 0 Å². The third-order valence-electron chi connectivity index (χ3n) is 3.15. The van der Waals surface area contributed by atoms with E-state index in [1.807, 2.05) is 0 Å². The number of rotatable bonds is 6. The second kappa shape index (κ2) is 8.06. The maximum absolute atomic E-state index is 12.1. The average Bonchev–Trinajstić information content (AvgIpc) is 2.72. The second-order valence-electron chi connectivity index (χ2n) is 4.91. The van der Waals surface area contributed by atoms with Gasteiger partial charge in [0, 0.05) is 18.6 Å². The van der Waals surface area contributed by atoms with E-state index in [2.05, 4.69) is 11.9 Å². The van der Waals surface area contributed by atoms with Crippen molar-refractivity contribution in [3.05, 3.63) is 29.8 Å². The molecule has 1 aliphatic rings. The minimum atomic E-state index is -0.577. The highest BCUT2D eigenvalue weighted by molar-refractivity contribution is 6.34. The van der Waals surface area contributed by atoms with Gasteiger partial charge < -0.3 is 19.5 Å². The van der Waals surface area contributed by atoms with E-state index in [0.717, 1.165) is 6.42 Å². The van der Waals surface area contributed by atoms with E-state index in [0.29, 0.717) is 48.5 Å². The SMILES string of the molecule is C=CCCOC(C)C(=O)Nc1cc2c(cc1Cl)OCCCO2. The fraction of sp³-hybridized carbons (Fsp3) is 0.438. The number of halogens is 1. The molecule has 6 heteroatoms. The van der Waals surface area contributed by atoms with E-state index in [1.165, 1.54) is 0 Å². The van der Waals surface area contributed by atoms with Crippen LogP contribution in [0.3, 0.4) is 0 Å². The van der Waals surface area contributed by atoms with Gasteiger partial charge in [0.1, 0.15) is 6.10 Å². The van der Waals surface area contributed by atoms with E-state index in [1.54, 1.807) is 25.1 Å². The van der Waals surface area contributed by atoms with Crippen molar-refractivity contribution in [1.82, 2.24) is 0 Å². The molecule has 1 aliphatic heterocycles. The summed E-state index contributed by atoms with van der Waals surface area (Å²) in [7, 11) is 0. The summed E-state index contributed by atoms with van der Waals surface area (Å²) in [5, 5.41) is 3.15. The molecule has 0 radical (unpaired) electrons. The van der Waals surface area contributed by atoms with Crippen LogP contribution in [0.2, 0.25) is 5.02 Å². The summed E-state index contributed by atoms with van der Waals surface area (Å²) in [6.07, 6.45) is 2.67. The number of ether oxygens (including phenoxy) is 3. The van der Waals surface area contributed by atoms with Crippen LogP contribution < -0.4 is 14.8 Å². The molecule has 0 spiro atoms. The number of hydrogen-bond donors (Lipinski definition) is 1. The number of nitrogens with one attached hydrogen (secondary N) is 1. The molecule has 0 saturated heterocycles. The maximum Gasteiger partial charge on any atom is 0.253 e. The summed E-state index contributed by atoms with van der Waals surface area (Å²) >= 11 is 6.19. The summed E-state index contributed by atoms with van der Waals surface area (Å²) < 4.78 is 16.5. The van der Waals surface area contributed by atoms with Crippen LogP contribution in [0.5, 0.6) is 11.5 Å². The van der Waals surface area contributed by atoms with Gasteiger partial charge in [-0.3, -0.25) is 4.79 Å². The first-order chi connectivity index (χ1) is 10.6. The van der Waals surface area contributed by atoms with Gasteiger partial charge in [0.2, 0.25) is 0 Å². The molecule has 22 heavy (non-hydrogen) atoms. The van der Waals surface area contributed by atoms with E-state index in [-0.39, 0.29) is 5.91 Å². The van der Waals surface area contributed by atoms with Gasteiger partial charge in [0.25, 0.3) is 5.91 Å². The highest BCUT2D eigenvalue weighted by Gasteiger charge is 2.18. The molecule has 0 bridgehead atoms. The van der Waals surface area contributed by atoms with Gasteiger partial charge in [0.05, 0.1) is 30.5 Å². The Kier molecular flexibility index (Phi) is 6.10. The Bertz CT molecular complexity index is 547. The van der Waals surface area contributed by atoms with Gasteiger partial charge in [0.15, 0.2) is 11.5 Å². The average molecular weight is 326 g/mol. The Morgan fingerprint density at radius 1 is 1.45 bits per heavy atom. The van der Waals surface area contributed by atoms with E-state index < -0.39 is 6.10 Å². The summed E-state index contributed by atoms with van der Waals surface area (Å²) in [5.41, 5.74) is 0.482. The number of amides is 1. The molecule has 1 amide bonds. The van der Waals surface area contributed by atoms with Crippen molar-refractivity contribution in [3.8, 4) is 11.5 Å². The first-order valence-electron chi connectivity index (χ1n) is 7.24. The molecule has 0 saturated carbocycles. The van der Waals surface area contributed by atoms with Gasteiger partial charge in [-0.25, -0.2) is 0 Å². The van der Waals surface area contributed by atoms with Gasteiger partial charge >= 0.3 is 0 Å². The normalized spacial score (nSPS) is 14.8. The molecule has 1 aromatic carbocycles. The number of carbonyl (C=O) groups excluding carboxylic acids is 1. The summed E-state index contributed by atoms with van der Waals surface area (Å²) in [4.78, 5) is 12.1. The molecule has 1 atom stereocenters. The second-order valence-corrected chi connectivity index (χ2v) is 5.32. The van der Waals surface area contributed by atoms with Crippen LogP contribution in [0.25, 0.3) is 0 Å². The van der Waals surface area contributed by atoms with Crippen LogP contribution >= 0.6 is 11.6 Å². The highest BCUT2D eigenvalue weighted by Crippen LogP contribution is 2.37. The molecule has 0 aromatic heterocycles. The molecule has 1 unspecified atom stereocenters. The molecule has 2 rings (SSSR count). The molecule has 0 aliphatic carbocycles. The van der Waals surface area contributed by atoms with Crippen LogP contribution in [0.1, 0.15) is 19.8 Å². The molecular formula is C16H20ClNO4. The number of carbonyl (C=O) groups is 1. The molecular weight excluding hydrogens is 306 g/mol. The lowest BCUT2D eigenvalue weighted by molar-refractivity contribution is -0.126. The van der Waals surface area contributed by atoms with Crippen LogP contribution in [0, 0.1) is 0 Å². The Labute approximate surface area is 135 Å². The number of benzene rings is 1. The molecule has 1 N–H and O–H groups in total. The van der Waals surface area contributed by atoms with Gasteiger partial charge in [-0.15, -0.1) is 6.58 Å². The van der Waals surface area contributed by atoms with Crippen molar-refractivity contribution in [3.63, 3.8) is 0 Å². The summed E-state index contributed by atoms with van der Waals surface area (Å²) in [6.45, 7) is 6.91. The largest absolute Gasteiger partial charge is 0.490 e. The molecule has 120 valence electrons. The highest BCUT2D eigenvalue weighted by atomic mass is 35.5. The monoisotopic (exact) mass is 325 g/mol. The summed E-state index contributed by atoms with van der Waals surface area (Å²) in [6, 6.07) is 3.33. The minimum Gasteiger partial charge on any atom is -0.490 e. The molecule has 1 aromatic rings. The van der Waals surface area contributed by atoms with Crippen molar-refractivity contribution >= 4 is 23.2 Å². The lowest BCUT2D eigenvalue weighted by atomic mass is 10.2. The van der Waals surface area contributed by atoms with Crippen molar-refractivity contribution in [2.45, 2.75) is 25.9 Å². The van der Waals surface area contributed by atoms with Gasteiger partial charge in [-0.05, 0) is 13.3 Å². The molecule has 5 nitrogen and oxygen atoms in total. The lowest BCUT2D eigenvalue weighted by Crippen LogP contribution is -2.28. The van der Waals surface area contributed by atoms with Crippen molar-refractivity contribution in [2.75, 3.05) is 25.1 Å². The van der Waals surface area contributed by atoms with Crippen molar-refractivity contribution in [2.24, 2.45) is 0 Å². The Balaban J connectivity index is 2.04. The zero-order valence-electron chi connectivity index (χ0n) is 12.6. The smallest absolute Gasteiger partial charge is 0.253 e. The number of fused-ring (bicyclic) bond motifs is 1. The third kappa shape index (κ3) is 4.39. The fourth-order valence-corrected chi connectivity index (χ4v) is 2.12. The first kappa shape index (κ1) is 16.6. The van der Waals surface area contributed by atoms with Crippen LogP contribution in [-0.4, -0.2) is 31.8 Å². The predicted octanol–water partition coefficient (Wildman–Crippen LogP) is 3.42. The molecule has 0 fully saturated rings. The van der Waals surface area contributed by atoms with E-state index in [9.17, 15) is 4.79 Å². The standard InChI is InChI=1S/C16H20ClNO4/c1-3-4-6-20-11(2)16(19)18-13-10-15-14(9-12(13)17)21-7-5-8-22-15/h3,9-11H,1,4-8H2,2H3,(H,18,19). The molecule has 1 heterocycles. The van der Waals surface area contributed by atoms with Crippen LogP contribution in [0.15, 0.2) is 24.8 Å².